The molecule has 2 rings (SSSR count). The molecule has 0 aliphatic rings. The third-order valence-electron chi connectivity index (χ3n) is 2.63. The number of hydrogen-bond donors (Lipinski definition) is 1. The number of rotatable bonds is 4. The molecule has 0 bridgehead atoms. The monoisotopic (exact) mass is 283 g/mol. The topological polar surface area (TPSA) is 72.5 Å². The number of carbonyl (C=O) groups excluding carboxylic acids is 3. The highest BCUT2D eigenvalue weighted by atomic mass is 16.5. The minimum Gasteiger partial charge on any atom is -0.452 e. The number of amides is 2. The highest BCUT2D eigenvalue weighted by Crippen LogP contribution is 2.01. The molecule has 21 heavy (non-hydrogen) atoms. The van der Waals surface area contributed by atoms with Crippen LogP contribution in [0.15, 0.2) is 60.7 Å². The van der Waals surface area contributed by atoms with Gasteiger partial charge in [0.1, 0.15) is 0 Å². The lowest BCUT2D eigenvalue weighted by molar-refractivity contribution is -0.123. The van der Waals surface area contributed by atoms with Crippen molar-refractivity contribution in [2.24, 2.45) is 0 Å². The van der Waals surface area contributed by atoms with Crippen LogP contribution >= 0.6 is 0 Å². The van der Waals surface area contributed by atoms with Crippen molar-refractivity contribution in [2.75, 3.05) is 6.61 Å². The van der Waals surface area contributed by atoms with Gasteiger partial charge in [-0.1, -0.05) is 36.4 Å². The Hall–Kier alpha value is -2.95. The molecule has 2 amide bonds. The standard InChI is InChI=1S/C16H13NO4/c18-14(17-15(19)12-7-3-1-4-8-12)11-21-16(20)13-9-5-2-6-10-13/h1-10H,11H2,(H,17,18,19). The van der Waals surface area contributed by atoms with Crippen molar-refractivity contribution in [3.8, 4) is 0 Å². The van der Waals surface area contributed by atoms with Gasteiger partial charge in [0.25, 0.3) is 11.8 Å². The molecule has 5 heteroatoms. The van der Waals surface area contributed by atoms with Gasteiger partial charge in [-0.25, -0.2) is 4.79 Å². The molecule has 2 aromatic carbocycles. The van der Waals surface area contributed by atoms with Crippen LogP contribution in [0.4, 0.5) is 0 Å². The van der Waals surface area contributed by atoms with Gasteiger partial charge < -0.3 is 4.74 Å². The first-order chi connectivity index (χ1) is 10.2. The van der Waals surface area contributed by atoms with Crippen molar-refractivity contribution in [3.05, 3.63) is 71.8 Å². The molecule has 0 aliphatic heterocycles. The van der Waals surface area contributed by atoms with E-state index >= 15 is 0 Å². The number of nitrogens with one attached hydrogen (secondary N) is 1. The van der Waals surface area contributed by atoms with Gasteiger partial charge in [-0.2, -0.15) is 0 Å². The van der Waals surface area contributed by atoms with E-state index in [0.29, 0.717) is 11.1 Å². The van der Waals surface area contributed by atoms with E-state index in [2.05, 4.69) is 5.32 Å². The molecule has 106 valence electrons. The van der Waals surface area contributed by atoms with Crippen molar-refractivity contribution in [3.63, 3.8) is 0 Å². The second-order valence-electron chi connectivity index (χ2n) is 4.19. The molecule has 0 aliphatic carbocycles. The molecule has 0 radical (unpaired) electrons. The van der Waals surface area contributed by atoms with E-state index in [1.165, 1.54) is 0 Å². The van der Waals surface area contributed by atoms with Crippen LogP contribution in [0, 0.1) is 0 Å². The Labute approximate surface area is 121 Å². The summed E-state index contributed by atoms with van der Waals surface area (Å²) in [4.78, 5) is 34.9. The van der Waals surface area contributed by atoms with E-state index < -0.39 is 24.4 Å². The summed E-state index contributed by atoms with van der Waals surface area (Å²) < 4.78 is 4.82. The first-order valence-electron chi connectivity index (χ1n) is 6.28. The molecule has 5 nitrogen and oxygen atoms in total. The van der Waals surface area contributed by atoms with Crippen LogP contribution in [0.3, 0.4) is 0 Å². The lowest BCUT2D eigenvalue weighted by Gasteiger charge is -2.05. The second kappa shape index (κ2) is 7.00. The fourth-order valence-electron chi connectivity index (χ4n) is 1.61. The van der Waals surface area contributed by atoms with Crippen LogP contribution in [-0.2, 0) is 9.53 Å². The highest BCUT2D eigenvalue weighted by Gasteiger charge is 2.13. The third kappa shape index (κ3) is 4.28. The SMILES string of the molecule is O=C(COC(=O)c1ccccc1)NC(=O)c1ccccc1. The van der Waals surface area contributed by atoms with E-state index in [1.807, 2.05) is 0 Å². The van der Waals surface area contributed by atoms with Gasteiger partial charge in [-0.15, -0.1) is 0 Å². The quantitative estimate of drug-likeness (QED) is 0.868. The molecule has 1 N–H and O–H groups in total. The molecule has 0 spiro atoms. The molecular weight excluding hydrogens is 270 g/mol. The number of ether oxygens (including phenoxy) is 1. The first kappa shape index (κ1) is 14.5. The molecule has 0 unspecified atom stereocenters. The van der Waals surface area contributed by atoms with Crippen LogP contribution < -0.4 is 5.32 Å². The average molecular weight is 283 g/mol. The molecular formula is C16H13NO4. The zero-order valence-corrected chi connectivity index (χ0v) is 11.1. The summed E-state index contributed by atoms with van der Waals surface area (Å²) in [5.41, 5.74) is 0.708. The number of hydrogen-bond acceptors (Lipinski definition) is 4. The number of esters is 1. The molecule has 0 fully saturated rings. The Kier molecular flexibility index (Phi) is 4.82. The predicted molar refractivity (Wildman–Crippen MR) is 75.6 cm³/mol. The minimum absolute atomic E-state index is 0.347. The summed E-state index contributed by atoms with van der Waals surface area (Å²) in [6.07, 6.45) is 0. The van der Waals surface area contributed by atoms with Gasteiger partial charge in [0.2, 0.25) is 0 Å². The van der Waals surface area contributed by atoms with Gasteiger partial charge in [-0.3, -0.25) is 14.9 Å². The zero-order valence-electron chi connectivity index (χ0n) is 11.1. The molecule has 2 aromatic rings. The first-order valence-corrected chi connectivity index (χ1v) is 6.28. The maximum Gasteiger partial charge on any atom is 0.338 e. The molecule has 0 saturated carbocycles. The van der Waals surface area contributed by atoms with Gasteiger partial charge in [0, 0.05) is 5.56 Å². The van der Waals surface area contributed by atoms with Crippen molar-refractivity contribution in [1.82, 2.24) is 5.32 Å². The Morgan fingerprint density at radius 1 is 0.810 bits per heavy atom. The maximum atomic E-state index is 11.7. The smallest absolute Gasteiger partial charge is 0.338 e. The maximum absolute atomic E-state index is 11.7. The largest absolute Gasteiger partial charge is 0.452 e. The molecule has 0 aromatic heterocycles. The summed E-state index contributed by atoms with van der Waals surface area (Å²) in [5.74, 6) is -1.82. The van der Waals surface area contributed by atoms with Crippen LogP contribution in [0.5, 0.6) is 0 Å². The zero-order chi connectivity index (χ0) is 15.1. The third-order valence-corrected chi connectivity index (χ3v) is 2.63. The molecule has 0 atom stereocenters. The number of benzene rings is 2. The van der Waals surface area contributed by atoms with E-state index in [4.69, 9.17) is 4.74 Å². The predicted octanol–water partition coefficient (Wildman–Crippen LogP) is 1.80. The van der Waals surface area contributed by atoms with Crippen molar-refractivity contribution < 1.29 is 19.1 Å². The fourth-order valence-corrected chi connectivity index (χ4v) is 1.61. The van der Waals surface area contributed by atoms with E-state index in [0.717, 1.165) is 0 Å². The Balaban J connectivity index is 1.83. The van der Waals surface area contributed by atoms with Gasteiger partial charge in [-0.05, 0) is 24.3 Å². The normalized spacial score (nSPS) is 9.71. The van der Waals surface area contributed by atoms with E-state index in [1.54, 1.807) is 60.7 Å². The van der Waals surface area contributed by atoms with E-state index in [-0.39, 0.29) is 0 Å². The summed E-state index contributed by atoms with van der Waals surface area (Å²) in [5, 5.41) is 2.15. The Bertz CT molecular complexity index is 638. The lowest BCUT2D eigenvalue weighted by atomic mass is 10.2. The summed E-state index contributed by atoms with van der Waals surface area (Å²) in [6.45, 7) is -0.508. The van der Waals surface area contributed by atoms with Crippen molar-refractivity contribution >= 4 is 17.8 Å². The Morgan fingerprint density at radius 2 is 1.33 bits per heavy atom. The highest BCUT2D eigenvalue weighted by molar-refractivity contribution is 6.05. The van der Waals surface area contributed by atoms with Crippen molar-refractivity contribution in [2.45, 2.75) is 0 Å². The van der Waals surface area contributed by atoms with Crippen LogP contribution in [0.25, 0.3) is 0 Å². The van der Waals surface area contributed by atoms with Gasteiger partial charge in [0.15, 0.2) is 6.61 Å². The molecule has 0 heterocycles. The van der Waals surface area contributed by atoms with E-state index in [9.17, 15) is 14.4 Å². The average Bonchev–Trinajstić information content (AvgIpc) is 2.54. The fraction of sp³-hybridized carbons (Fsp3) is 0.0625. The lowest BCUT2D eigenvalue weighted by Crippen LogP contribution is -2.34. The van der Waals surface area contributed by atoms with Crippen LogP contribution in [0.2, 0.25) is 0 Å². The van der Waals surface area contributed by atoms with Gasteiger partial charge in [0.05, 0.1) is 5.56 Å². The van der Waals surface area contributed by atoms with Crippen LogP contribution in [-0.4, -0.2) is 24.4 Å². The van der Waals surface area contributed by atoms with Crippen LogP contribution in [0.1, 0.15) is 20.7 Å². The van der Waals surface area contributed by atoms with Crippen molar-refractivity contribution in [1.29, 1.82) is 0 Å². The molecule has 0 saturated heterocycles. The summed E-state index contributed by atoms with van der Waals surface area (Å²) >= 11 is 0. The Morgan fingerprint density at radius 3 is 1.90 bits per heavy atom. The summed E-state index contributed by atoms with van der Waals surface area (Å²) in [6, 6.07) is 16.6. The summed E-state index contributed by atoms with van der Waals surface area (Å²) in [7, 11) is 0. The second-order valence-corrected chi connectivity index (χ2v) is 4.19. The number of carbonyl (C=O) groups is 3. The minimum atomic E-state index is -0.673. The number of imide groups is 1. The van der Waals surface area contributed by atoms with Gasteiger partial charge >= 0.3 is 5.97 Å².